The molecule has 8 amide bonds. The summed E-state index contributed by atoms with van der Waals surface area (Å²) in [6.45, 7) is 2.89. The lowest BCUT2D eigenvalue weighted by atomic mass is 9.99. The number of carboxylic acid groups (broad SMARTS) is 2. The number of carboxylic acids is 2. The molecule has 1 aromatic rings. The molecule has 8 atom stereocenters. The summed E-state index contributed by atoms with van der Waals surface area (Å²) < 4.78 is 0. The number of aliphatic hydroxyl groups excluding tert-OH is 3. The van der Waals surface area contributed by atoms with Gasteiger partial charge in [0, 0.05) is 6.42 Å². The van der Waals surface area contributed by atoms with Crippen molar-refractivity contribution < 1.29 is 78.6 Å². The molecule has 1 aromatic carbocycles. The molecule has 0 saturated carbocycles. The van der Waals surface area contributed by atoms with E-state index in [1.807, 2.05) is 10.6 Å². The number of phenolic OH excluding ortho intramolecular Hbond substituents is 1. The number of nitrogens with one attached hydrogen (secondary N) is 7. The Balaban J connectivity index is 3.21. The summed E-state index contributed by atoms with van der Waals surface area (Å²) in [5, 5.41) is 72.8. The Labute approximate surface area is 348 Å². The highest BCUT2D eigenvalue weighted by Gasteiger charge is 2.36. The molecular formula is C36H55N9O16. The Hall–Kier alpha value is -6.44. The first kappa shape index (κ1) is 52.6. The van der Waals surface area contributed by atoms with Gasteiger partial charge in [-0.2, -0.15) is 0 Å². The first-order valence-electron chi connectivity index (χ1n) is 18.7. The van der Waals surface area contributed by atoms with Gasteiger partial charge < -0.3 is 79.3 Å². The number of phenols is 1. The number of carbonyl (C=O) groups excluding carboxylic acids is 8. The van der Waals surface area contributed by atoms with E-state index in [1.165, 1.54) is 52.0 Å². The fourth-order valence-corrected chi connectivity index (χ4v) is 5.26. The summed E-state index contributed by atoms with van der Waals surface area (Å²) in [4.78, 5) is 127. The maximum atomic E-state index is 13.4. The molecular weight excluding hydrogens is 814 g/mol. The summed E-state index contributed by atoms with van der Waals surface area (Å²) >= 11 is 0. The molecule has 1 rings (SSSR count). The molecule has 0 radical (unpaired) electrons. The van der Waals surface area contributed by atoms with E-state index in [4.69, 9.17) is 11.5 Å². The van der Waals surface area contributed by atoms with E-state index in [9.17, 15) is 78.6 Å². The summed E-state index contributed by atoms with van der Waals surface area (Å²) in [5.41, 5.74) is 11.2. The second kappa shape index (κ2) is 25.2. The quantitative estimate of drug-likeness (QED) is 0.0411. The van der Waals surface area contributed by atoms with E-state index in [2.05, 4.69) is 26.6 Å². The molecule has 17 N–H and O–H groups in total. The summed E-state index contributed by atoms with van der Waals surface area (Å²) in [6.07, 6.45) is -2.25. The topological polar surface area (TPSA) is 428 Å². The zero-order chi connectivity index (χ0) is 46.7. The van der Waals surface area contributed by atoms with Crippen molar-refractivity contribution in [2.75, 3.05) is 19.8 Å². The van der Waals surface area contributed by atoms with E-state index in [0.29, 0.717) is 5.56 Å². The van der Waals surface area contributed by atoms with E-state index >= 15 is 0 Å². The number of benzene rings is 1. The molecule has 0 heterocycles. The van der Waals surface area contributed by atoms with Crippen LogP contribution in [0.3, 0.4) is 0 Å². The minimum atomic E-state index is -1.98. The zero-order valence-corrected chi connectivity index (χ0v) is 33.7. The predicted molar refractivity (Wildman–Crippen MR) is 208 cm³/mol. The third-order valence-electron chi connectivity index (χ3n) is 8.70. The van der Waals surface area contributed by atoms with Gasteiger partial charge in [0.2, 0.25) is 47.3 Å². The Morgan fingerprint density at radius 2 is 0.918 bits per heavy atom. The van der Waals surface area contributed by atoms with E-state index in [0.717, 1.165) is 0 Å². The highest BCUT2D eigenvalue weighted by molar-refractivity contribution is 5.99. The van der Waals surface area contributed by atoms with Crippen LogP contribution in [-0.4, -0.2) is 158 Å². The molecule has 25 heteroatoms. The number of aliphatic hydroxyl groups is 3. The SMILES string of the molecule is CC(C)[C@H](NC(=O)[C@@H](NC(=O)[C@H](CC(N)=O)NC(=O)[C@H](CO)NC(=O)[C@H](CO)NC(=O)[C@H](CC(=O)O)NC(=O)[C@H](Cc1ccc(O)cc1)NC(=O)[C@@H](N)CO)C(C)C)C(=O)O. The first-order chi connectivity index (χ1) is 28.4. The molecule has 0 unspecified atom stereocenters. The van der Waals surface area contributed by atoms with Crippen molar-refractivity contribution >= 4 is 59.2 Å². The monoisotopic (exact) mass is 869 g/mol. The van der Waals surface area contributed by atoms with Crippen molar-refractivity contribution in [1.82, 2.24) is 37.2 Å². The van der Waals surface area contributed by atoms with Crippen LogP contribution in [0.4, 0.5) is 0 Å². The van der Waals surface area contributed by atoms with Crippen molar-refractivity contribution in [3.05, 3.63) is 29.8 Å². The van der Waals surface area contributed by atoms with E-state index < -0.39 is 152 Å². The van der Waals surface area contributed by atoms with Gasteiger partial charge in [0.15, 0.2) is 0 Å². The largest absolute Gasteiger partial charge is 0.508 e. The Bertz CT molecular complexity index is 1740. The van der Waals surface area contributed by atoms with Gasteiger partial charge in [-0.3, -0.25) is 43.2 Å². The molecule has 0 spiro atoms. The Morgan fingerprint density at radius 1 is 0.525 bits per heavy atom. The molecule has 61 heavy (non-hydrogen) atoms. The average Bonchev–Trinajstić information content (AvgIpc) is 3.18. The zero-order valence-electron chi connectivity index (χ0n) is 33.7. The van der Waals surface area contributed by atoms with Gasteiger partial charge in [-0.15, -0.1) is 0 Å². The molecule has 0 aliphatic carbocycles. The Morgan fingerprint density at radius 3 is 1.33 bits per heavy atom. The van der Waals surface area contributed by atoms with Crippen molar-refractivity contribution in [2.24, 2.45) is 23.3 Å². The molecule has 0 bridgehead atoms. The van der Waals surface area contributed by atoms with Crippen LogP contribution in [0.1, 0.15) is 46.1 Å². The number of amides is 8. The van der Waals surface area contributed by atoms with Crippen molar-refractivity contribution in [3.63, 3.8) is 0 Å². The summed E-state index contributed by atoms with van der Waals surface area (Å²) in [6, 6.07) is -8.12. The average molecular weight is 870 g/mol. The van der Waals surface area contributed by atoms with Crippen LogP contribution in [-0.2, 0) is 54.4 Å². The van der Waals surface area contributed by atoms with Gasteiger partial charge in [0.25, 0.3) is 0 Å². The second-order valence-corrected chi connectivity index (χ2v) is 14.4. The Kier molecular flexibility index (Phi) is 21.8. The first-order valence-corrected chi connectivity index (χ1v) is 18.7. The minimum absolute atomic E-state index is 0.128. The van der Waals surface area contributed by atoms with Gasteiger partial charge in [0.05, 0.1) is 32.7 Å². The van der Waals surface area contributed by atoms with Gasteiger partial charge in [0.1, 0.15) is 54.1 Å². The number of hydrogen-bond donors (Lipinski definition) is 15. The van der Waals surface area contributed by atoms with Crippen LogP contribution in [0, 0.1) is 11.8 Å². The molecule has 0 aliphatic heterocycles. The highest BCUT2D eigenvalue weighted by Crippen LogP contribution is 2.12. The molecule has 0 aromatic heterocycles. The number of nitrogens with two attached hydrogens (primary N) is 2. The lowest BCUT2D eigenvalue weighted by molar-refractivity contribution is -0.144. The normalized spacial score (nSPS) is 15.0. The number of aromatic hydroxyl groups is 1. The lowest BCUT2D eigenvalue weighted by Crippen LogP contribution is -2.62. The molecule has 0 fully saturated rings. The predicted octanol–water partition coefficient (Wildman–Crippen LogP) is -6.62. The lowest BCUT2D eigenvalue weighted by Gasteiger charge is -2.28. The molecule has 25 nitrogen and oxygen atoms in total. The number of primary amides is 1. The highest BCUT2D eigenvalue weighted by atomic mass is 16.4. The van der Waals surface area contributed by atoms with Gasteiger partial charge in [-0.05, 0) is 29.5 Å². The fourth-order valence-electron chi connectivity index (χ4n) is 5.26. The van der Waals surface area contributed by atoms with E-state index in [1.54, 1.807) is 0 Å². The van der Waals surface area contributed by atoms with Crippen molar-refractivity contribution in [3.8, 4) is 5.75 Å². The van der Waals surface area contributed by atoms with Gasteiger partial charge >= 0.3 is 11.9 Å². The van der Waals surface area contributed by atoms with E-state index in [-0.39, 0.29) is 12.2 Å². The fraction of sp³-hybridized carbons (Fsp3) is 0.556. The second-order valence-electron chi connectivity index (χ2n) is 14.4. The maximum absolute atomic E-state index is 13.4. The molecule has 0 saturated heterocycles. The standard InChI is InChI=1S/C36H55N9O16/c1-15(2)27(35(59)45-28(16(3)4)36(60)61)44-32(56)21(10-25(38)50)40-33(57)23(13-47)43-34(58)24(14-48)42-31(55)22(11-26(51)52)41-30(54)20(39-29(53)19(37)12-46)9-17-5-7-18(49)8-6-17/h5-8,15-16,19-24,27-28,46-49H,9-14,37H2,1-4H3,(H2,38,50)(H,39,53)(H,40,57)(H,41,54)(H,42,55)(H,43,58)(H,44,56)(H,45,59)(H,51,52)(H,60,61)/t19-,20-,21-,22-,23-,24-,27-,28-/m0/s1. The van der Waals surface area contributed by atoms with Gasteiger partial charge in [-0.25, -0.2) is 4.79 Å². The van der Waals surface area contributed by atoms with Crippen LogP contribution in [0.5, 0.6) is 5.75 Å². The van der Waals surface area contributed by atoms with Crippen LogP contribution in [0.25, 0.3) is 0 Å². The maximum Gasteiger partial charge on any atom is 0.326 e. The van der Waals surface area contributed by atoms with Crippen molar-refractivity contribution in [2.45, 2.75) is 95.3 Å². The van der Waals surface area contributed by atoms with Gasteiger partial charge in [-0.1, -0.05) is 39.8 Å². The third-order valence-corrected chi connectivity index (χ3v) is 8.70. The third kappa shape index (κ3) is 17.8. The number of aliphatic carboxylic acids is 2. The summed E-state index contributed by atoms with van der Waals surface area (Å²) in [5.74, 6) is -13.6. The summed E-state index contributed by atoms with van der Waals surface area (Å²) in [7, 11) is 0. The van der Waals surface area contributed by atoms with Crippen LogP contribution in [0.15, 0.2) is 24.3 Å². The minimum Gasteiger partial charge on any atom is -0.508 e. The molecule has 0 aliphatic rings. The number of hydrogen-bond acceptors (Lipinski definition) is 15. The van der Waals surface area contributed by atoms with Crippen molar-refractivity contribution in [1.29, 1.82) is 0 Å². The van der Waals surface area contributed by atoms with Crippen LogP contribution >= 0.6 is 0 Å². The van der Waals surface area contributed by atoms with Crippen LogP contribution in [0.2, 0.25) is 0 Å². The number of rotatable bonds is 26. The number of carbonyl (C=O) groups is 10. The smallest absolute Gasteiger partial charge is 0.326 e. The molecule has 340 valence electrons. The van der Waals surface area contributed by atoms with Crippen LogP contribution < -0.4 is 48.7 Å².